The Morgan fingerprint density at radius 1 is 1.08 bits per heavy atom. The maximum absolute atomic E-state index is 12.0. The Morgan fingerprint density at radius 3 is 2.42 bits per heavy atom. The predicted octanol–water partition coefficient (Wildman–Crippen LogP) is 2.96. The first-order chi connectivity index (χ1) is 11.4. The number of hydrogen-bond acceptors (Lipinski definition) is 3. The number of halogens is 1. The smallest absolute Gasteiger partial charge is 0.313 e. The Bertz CT molecular complexity index is 721. The van der Waals surface area contributed by atoms with Crippen LogP contribution in [0.5, 0.6) is 0 Å². The van der Waals surface area contributed by atoms with Gasteiger partial charge in [-0.15, -0.1) is 0 Å². The lowest BCUT2D eigenvalue weighted by atomic mass is 9.95. The van der Waals surface area contributed by atoms with Gasteiger partial charge in [-0.1, -0.05) is 41.9 Å². The number of ether oxygens (including phenoxy) is 1. The number of nitrogens with one attached hydrogen (secondary N) is 2. The van der Waals surface area contributed by atoms with E-state index < -0.39 is 17.4 Å². The summed E-state index contributed by atoms with van der Waals surface area (Å²) in [6.45, 7) is 1.94. The predicted molar refractivity (Wildman–Crippen MR) is 93.9 cm³/mol. The number of rotatable bonds is 5. The zero-order valence-electron chi connectivity index (χ0n) is 13.5. The van der Waals surface area contributed by atoms with Crippen molar-refractivity contribution in [3.05, 3.63) is 65.2 Å². The van der Waals surface area contributed by atoms with E-state index in [-0.39, 0.29) is 6.54 Å². The van der Waals surface area contributed by atoms with Gasteiger partial charge in [-0.25, -0.2) is 0 Å². The molecule has 0 aromatic heterocycles. The van der Waals surface area contributed by atoms with Gasteiger partial charge in [0.05, 0.1) is 6.54 Å². The minimum Gasteiger partial charge on any atom is -0.372 e. The zero-order chi connectivity index (χ0) is 17.6. The SMILES string of the molecule is CO[C@](C)(CNC(=O)C(=O)Nc1ccccc1)c1cccc(Cl)c1. The molecule has 0 aliphatic heterocycles. The molecule has 0 aliphatic rings. The summed E-state index contributed by atoms with van der Waals surface area (Å²) < 4.78 is 5.52. The second-order valence-electron chi connectivity index (χ2n) is 5.45. The van der Waals surface area contributed by atoms with Crippen molar-refractivity contribution in [1.82, 2.24) is 5.32 Å². The number of benzene rings is 2. The highest BCUT2D eigenvalue weighted by Gasteiger charge is 2.28. The molecule has 0 spiro atoms. The third-order valence-corrected chi connectivity index (χ3v) is 3.95. The van der Waals surface area contributed by atoms with Crippen molar-refractivity contribution in [3.8, 4) is 0 Å². The van der Waals surface area contributed by atoms with Gasteiger partial charge in [0.1, 0.15) is 5.60 Å². The fraction of sp³-hybridized carbons (Fsp3) is 0.222. The number of methoxy groups -OCH3 is 1. The van der Waals surface area contributed by atoms with Crippen molar-refractivity contribution < 1.29 is 14.3 Å². The lowest BCUT2D eigenvalue weighted by molar-refractivity contribution is -0.137. The number of para-hydroxylation sites is 1. The summed E-state index contributed by atoms with van der Waals surface area (Å²) in [6.07, 6.45) is 0. The van der Waals surface area contributed by atoms with Crippen molar-refractivity contribution in [2.75, 3.05) is 19.0 Å². The quantitative estimate of drug-likeness (QED) is 0.818. The highest BCUT2D eigenvalue weighted by Crippen LogP contribution is 2.26. The fourth-order valence-electron chi connectivity index (χ4n) is 2.15. The number of carbonyl (C=O) groups excluding carboxylic acids is 2. The van der Waals surface area contributed by atoms with Gasteiger partial charge in [0.15, 0.2) is 0 Å². The molecule has 2 N–H and O–H groups in total. The Balaban J connectivity index is 1.99. The molecule has 0 saturated carbocycles. The van der Waals surface area contributed by atoms with Crippen molar-refractivity contribution in [2.24, 2.45) is 0 Å². The van der Waals surface area contributed by atoms with E-state index in [9.17, 15) is 9.59 Å². The van der Waals surface area contributed by atoms with Crippen LogP contribution in [-0.4, -0.2) is 25.5 Å². The molecular weight excluding hydrogens is 328 g/mol. The first-order valence-corrected chi connectivity index (χ1v) is 7.78. The molecule has 2 aromatic carbocycles. The van der Waals surface area contributed by atoms with Crippen LogP contribution in [0.25, 0.3) is 0 Å². The van der Waals surface area contributed by atoms with E-state index in [1.165, 1.54) is 7.11 Å². The van der Waals surface area contributed by atoms with Gasteiger partial charge in [0, 0.05) is 17.8 Å². The molecule has 0 bridgehead atoms. The van der Waals surface area contributed by atoms with E-state index in [1.807, 2.05) is 19.1 Å². The van der Waals surface area contributed by atoms with Gasteiger partial charge in [-0.05, 0) is 36.8 Å². The Hall–Kier alpha value is -2.37. The number of hydrogen-bond donors (Lipinski definition) is 2. The maximum atomic E-state index is 12.0. The Morgan fingerprint density at radius 2 is 1.79 bits per heavy atom. The molecule has 0 fully saturated rings. The highest BCUT2D eigenvalue weighted by molar-refractivity contribution is 6.39. The van der Waals surface area contributed by atoms with E-state index in [0.717, 1.165) is 5.56 Å². The summed E-state index contributed by atoms with van der Waals surface area (Å²) in [6, 6.07) is 16.0. The van der Waals surface area contributed by atoms with Crippen LogP contribution in [0.2, 0.25) is 5.02 Å². The van der Waals surface area contributed by atoms with Gasteiger partial charge < -0.3 is 15.4 Å². The number of anilines is 1. The Kier molecular flexibility index (Phi) is 5.95. The van der Waals surface area contributed by atoms with Crippen LogP contribution in [0, 0.1) is 0 Å². The van der Waals surface area contributed by atoms with Crippen molar-refractivity contribution in [3.63, 3.8) is 0 Å². The molecule has 0 radical (unpaired) electrons. The largest absolute Gasteiger partial charge is 0.372 e. The van der Waals surface area contributed by atoms with Crippen LogP contribution in [0.15, 0.2) is 54.6 Å². The van der Waals surface area contributed by atoms with Crippen molar-refractivity contribution >= 4 is 29.1 Å². The summed E-state index contributed by atoms with van der Waals surface area (Å²) in [5.74, 6) is -1.46. The second-order valence-corrected chi connectivity index (χ2v) is 5.88. The molecule has 2 amide bonds. The topological polar surface area (TPSA) is 67.4 Å². The summed E-state index contributed by atoms with van der Waals surface area (Å²) in [5, 5.41) is 5.70. The molecule has 2 aromatic rings. The lowest BCUT2D eigenvalue weighted by Crippen LogP contribution is -2.44. The molecule has 0 saturated heterocycles. The molecular formula is C18H19ClN2O3. The molecule has 0 heterocycles. The summed E-state index contributed by atoms with van der Waals surface area (Å²) in [4.78, 5) is 23.9. The molecule has 0 aliphatic carbocycles. The molecule has 2 rings (SSSR count). The van der Waals surface area contributed by atoms with Crippen LogP contribution in [-0.2, 0) is 19.9 Å². The minimum absolute atomic E-state index is 0.130. The van der Waals surface area contributed by atoms with Gasteiger partial charge in [0.2, 0.25) is 0 Å². The third-order valence-electron chi connectivity index (χ3n) is 3.71. The summed E-state index contributed by atoms with van der Waals surface area (Å²) in [7, 11) is 1.54. The molecule has 5 nitrogen and oxygen atoms in total. The summed E-state index contributed by atoms with van der Waals surface area (Å²) >= 11 is 6.00. The number of amides is 2. The fourth-order valence-corrected chi connectivity index (χ4v) is 2.34. The molecule has 24 heavy (non-hydrogen) atoms. The van der Waals surface area contributed by atoms with Crippen LogP contribution in [0.1, 0.15) is 12.5 Å². The minimum atomic E-state index is -0.798. The zero-order valence-corrected chi connectivity index (χ0v) is 14.3. The van der Waals surface area contributed by atoms with Crippen LogP contribution in [0.4, 0.5) is 5.69 Å². The van der Waals surface area contributed by atoms with E-state index in [1.54, 1.807) is 42.5 Å². The van der Waals surface area contributed by atoms with Crippen LogP contribution in [0.3, 0.4) is 0 Å². The van der Waals surface area contributed by atoms with E-state index >= 15 is 0 Å². The lowest BCUT2D eigenvalue weighted by Gasteiger charge is -2.29. The number of carbonyl (C=O) groups is 2. The molecule has 6 heteroatoms. The first-order valence-electron chi connectivity index (χ1n) is 7.40. The monoisotopic (exact) mass is 346 g/mol. The van der Waals surface area contributed by atoms with Crippen LogP contribution < -0.4 is 10.6 Å². The maximum Gasteiger partial charge on any atom is 0.313 e. The first kappa shape index (κ1) is 18.0. The standard InChI is InChI=1S/C18H19ClN2O3/c1-18(24-2,13-7-6-8-14(19)11-13)12-20-16(22)17(23)21-15-9-4-3-5-10-15/h3-11H,12H2,1-2H3,(H,20,22)(H,21,23)/t18-/m1/s1. The normalized spacial score (nSPS) is 13.0. The van der Waals surface area contributed by atoms with Crippen LogP contribution >= 0.6 is 11.6 Å². The van der Waals surface area contributed by atoms with Gasteiger partial charge in [-0.3, -0.25) is 9.59 Å². The molecule has 126 valence electrons. The molecule has 0 unspecified atom stereocenters. The third kappa shape index (κ3) is 4.57. The van der Waals surface area contributed by atoms with E-state index in [0.29, 0.717) is 10.7 Å². The average molecular weight is 347 g/mol. The van der Waals surface area contributed by atoms with E-state index in [4.69, 9.17) is 16.3 Å². The Labute approximate surface area is 146 Å². The van der Waals surface area contributed by atoms with Gasteiger partial charge in [0.25, 0.3) is 0 Å². The second kappa shape index (κ2) is 7.95. The molecule has 1 atom stereocenters. The average Bonchev–Trinajstić information content (AvgIpc) is 2.60. The highest BCUT2D eigenvalue weighted by atomic mass is 35.5. The summed E-state index contributed by atoms with van der Waals surface area (Å²) in [5.41, 5.74) is 0.566. The van der Waals surface area contributed by atoms with Crippen molar-refractivity contribution in [2.45, 2.75) is 12.5 Å². The van der Waals surface area contributed by atoms with Crippen molar-refractivity contribution in [1.29, 1.82) is 0 Å². The van der Waals surface area contributed by atoms with E-state index in [2.05, 4.69) is 10.6 Å². The van der Waals surface area contributed by atoms with Gasteiger partial charge in [-0.2, -0.15) is 0 Å². The van der Waals surface area contributed by atoms with Gasteiger partial charge >= 0.3 is 11.8 Å².